The number of carbonyl (C=O) groups is 1. The molecule has 0 aliphatic heterocycles. The van der Waals surface area contributed by atoms with Gasteiger partial charge in [-0.2, -0.15) is 5.26 Å². The third-order valence-corrected chi connectivity index (χ3v) is 2.91. The van der Waals surface area contributed by atoms with E-state index >= 15 is 0 Å². The minimum Gasteiger partial charge on any atom is -0.396 e. The van der Waals surface area contributed by atoms with Crippen molar-refractivity contribution in [2.45, 2.75) is 31.6 Å². The summed E-state index contributed by atoms with van der Waals surface area (Å²) in [4.78, 5) is 11.9. The lowest BCUT2D eigenvalue weighted by atomic mass is 10.00. The summed E-state index contributed by atoms with van der Waals surface area (Å²) in [5, 5.41) is 20.5. The number of hydrogen-bond donors (Lipinski definition) is 2. The van der Waals surface area contributed by atoms with Crippen LogP contribution in [0.4, 0.5) is 0 Å². The predicted molar refractivity (Wildman–Crippen MR) is 73.4 cm³/mol. The first-order valence-corrected chi connectivity index (χ1v) is 6.62. The van der Waals surface area contributed by atoms with Crippen LogP contribution < -0.4 is 5.32 Å². The number of rotatable bonds is 8. The number of nitrogens with zero attached hydrogens (tertiary/aromatic N) is 1. The standard InChI is InChI=1S/C15H20N2O2/c16-12-14(13-8-4-3-5-9-13)15(19)17-10-6-1-2-7-11-18/h3-5,8-9,14,18H,1-2,6-7,10-11H2,(H,17,19). The molecule has 102 valence electrons. The summed E-state index contributed by atoms with van der Waals surface area (Å²) in [6.07, 6.45) is 3.62. The second kappa shape index (κ2) is 9.12. The van der Waals surface area contributed by atoms with Crippen LogP contribution in [0.5, 0.6) is 0 Å². The van der Waals surface area contributed by atoms with Crippen LogP contribution in [0.2, 0.25) is 0 Å². The Morgan fingerprint density at radius 1 is 1.21 bits per heavy atom. The summed E-state index contributed by atoms with van der Waals surface area (Å²) >= 11 is 0. The fraction of sp³-hybridized carbons (Fsp3) is 0.467. The zero-order valence-corrected chi connectivity index (χ0v) is 11.0. The van der Waals surface area contributed by atoms with Crippen LogP contribution in [-0.4, -0.2) is 24.2 Å². The van der Waals surface area contributed by atoms with E-state index in [1.165, 1.54) is 0 Å². The van der Waals surface area contributed by atoms with Crippen molar-refractivity contribution in [2.24, 2.45) is 0 Å². The van der Waals surface area contributed by atoms with Gasteiger partial charge in [0.25, 0.3) is 0 Å². The van der Waals surface area contributed by atoms with Gasteiger partial charge in [0.05, 0.1) is 6.07 Å². The van der Waals surface area contributed by atoms with E-state index in [1.807, 2.05) is 24.3 Å². The van der Waals surface area contributed by atoms with Gasteiger partial charge in [-0.3, -0.25) is 4.79 Å². The Bertz CT molecular complexity index is 412. The molecule has 0 aromatic heterocycles. The summed E-state index contributed by atoms with van der Waals surface area (Å²) in [5.74, 6) is -0.977. The van der Waals surface area contributed by atoms with Crippen LogP contribution in [0.15, 0.2) is 30.3 Å². The Balaban J connectivity index is 2.34. The lowest BCUT2D eigenvalue weighted by Crippen LogP contribution is -2.29. The van der Waals surface area contributed by atoms with Crippen LogP contribution in [0, 0.1) is 11.3 Å². The third kappa shape index (κ3) is 5.54. The molecule has 1 aromatic carbocycles. The first-order valence-electron chi connectivity index (χ1n) is 6.62. The molecule has 0 bridgehead atoms. The normalized spacial score (nSPS) is 11.6. The lowest BCUT2D eigenvalue weighted by Gasteiger charge is -2.10. The van der Waals surface area contributed by atoms with Crippen LogP contribution in [-0.2, 0) is 4.79 Å². The highest BCUT2D eigenvalue weighted by Gasteiger charge is 2.18. The van der Waals surface area contributed by atoms with Crippen molar-refractivity contribution < 1.29 is 9.90 Å². The molecule has 1 amide bonds. The molecule has 2 N–H and O–H groups in total. The largest absolute Gasteiger partial charge is 0.396 e. The molecule has 1 unspecified atom stereocenters. The molecule has 4 nitrogen and oxygen atoms in total. The molecule has 0 aliphatic rings. The topological polar surface area (TPSA) is 73.1 Å². The van der Waals surface area contributed by atoms with E-state index in [9.17, 15) is 4.79 Å². The number of aliphatic hydroxyl groups excluding tert-OH is 1. The fourth-order valence-corrected chi connectivity index (χ4v) is 1.83. The van der Waals surface area contributed by atoms with E-state index < -0.39 is 5.92 Å². The molecule has 0 heterocycles. The number of carbonyl (C=O) groups excluding carboxylic acids is 1. The Morgan fingerprint density at radius 3 is 2.53 bits per heavy atom. The number of aliphatic hydroxyl groups is 1. The maximum Gasteiger partial charge on any atom is 0.241 e. The van der Waals surface area contributed by atoms with Gasteiger partial charge in [-0.15, -0.1) is 0 Å². The van der Waals surface area contributed by atoms with E-state index in [0.29, 0.717) is 6.54 Å². The maximum atomic E-state index is 11.9. The summed E-state index contributed by atoms with van der Waals surface area (Å²) in [6.45, 7) is 0.798. The Labute approximate surface area is 114 Å². The van der Waals surface area contributed by atoms with Gasteiger partial charge in [0.1, 0.15) is 5.92 Å². The number of nitriles is 1. The molecular weight excluding hydrogens is 240 g/mol. The number of benzene rings is 1. The van der Waals surface area contributed by atoms with Crippen molar-refractivity contribution in [3.05, 3.63) is 35.9 Å². The fourth-order valence-electron chi connectivity index (χ4n) is 1.83. The summed E-state index contributed by atoms with van der Waals surface area (Å²) in [5.41, 5.74) is 0.725. The maximum absolute atomic E-state index is 11.9. The van der Waals surface area contributed by atoms with Gasteiger partial charge in [0, 0.05) is 13.2 Å². The first kappa shape index (κ1) is 15.2. The molecule has 0 spiro atoms. The third-order valence-electron chi connectivity index (χ3n) is 2.91. The number of nitrogens with one attached hydrogen (secondary N) is 1. The average Bonchev–Trinajstić information content (AvgIpc) is 2.45. The lowest BCUT2D eigenvalue weighted by molar-refractivity contribution is -0.121. The minimum absolute atomic E-state index is 0.219. The molecule has 0 fully saturated rings. The van der Waals surface area contributed by atoms with Crippen LogP contribution in [0.25, 0.3) is 0 Å². The summed E-state index contributed by atoms with van der Waals surface area (Å²) in [7, 11) is 0. The zero-order valence-electron chi connectivity index (χ0n) is 11.0. The average molecular weight is 260 g/mol. The predicted octanol–water partition coefficient (Wildman–Crippen LogP) is 1.96. The monoisotopic (exact) mass is 260 g/mol. The van der Waals surface area contributed by atoms with Crippen LogP contribution in [0.3, 0.4) is 0 Å². The molecule has 1 atom stereocenters. The van der Waals surface area contributed by atoms with Crippen molar-refractivity contribution >= 4 is 5.91 Å². The van der Waals surface area contributed by atoms with Gasteiger partial charge in [0.2, 0.25) is 5.91 Å². The number of unbranched alkanes of at least 4 members (excludes halogenated alkanes) is 3. The van der Waals surface area contributed by atoms with E-state index in [2.05, 4.69) is 5.32 Å². The Morgan fingerprint density at radius 2 is 1.89 bits per heavy atom. The second-order valence-electron chi connectivity index (χ2n) is 4.40. The van der Waals surface area contributed by atoms with Crippen LogP contribution >= 0.6 is 0 Å². The summed E-state index contributed by atoms with van der Waals surface area (Å²) in [6, 6.07) is 11.1. The highest BCUT2D eigenvalue weighted by molar-refractivity contribution is 5.86. The molecule has 4 heteroatoms. The number of amides is 1. The van der Waals surface area contributed by atoms with Gasteiger partial charge < -0.3 is 10.4 Å². The van der Waals surface area contributed by atoms with E-state index in [0.717, 1.165) is 31.2 Å². The van der Waals surface area contributed by atoms with Crippen molar-refractivity contribution in [1.82, 2.24) is 5.32 Å². The van der Waals surface area contributed by atoms with E-state index in [4.69, 9.17) is 10.4 Å². The molecule has 0 radical (unpaired) electrons. The highest BCUT2D eigenvalue weighted by Crippen LogP contribution is 2.14. The van der Waals surface area contributed by atoms with Crippen molar-refractivity contribution in [3.8, 4) is 6.07 Å². The second-order valence-corrected chi connectivity index (χ2v) is 4.40. The smallest absolute Gasteiger partial charge is 0.241 e. The van der Waals surface area contributed by atoms with Crippen molar-refractivity contribution in [3.63, 3.8) is 0 Å². The molecule has 1 aromatic rings. The van der Waals surface area contributed by atoms with Gasteiger partial charge >= 0.3 is 0 Å². The Hall–Kier alpha value is -1.86. The van der Waals surface area contributed by atoms with Gasteiger partial charge in [-0.05, 0) is 18.4 Å². The molecule has 0 saturated carbocycles. The first-order chi connectivity index (χ1) is 9.29. The van der Waals surface area contributed by atoms with Crippen molar-refractivity contribution in [2.75, 3.05) is 13.2 Å². The van der Waals surface area contributed by atoms with Gasteiger partial charge in [0.15, 0.2) is 0 Å². The SMILES string of the molecule is N#CC(C(=O)NCCCCCCO)c1ccccc1. The van der Waals surface area contributed by atoms with E-state index in [1.54, 1.807) is 12.1 Å². The highest BCUT2D eigenvalue weighted by atomic mass is 16.2. The van der Waals surface area contributed by atoms with Crippen molar-refractivity contribution in [1.29, 1.82) is 5.26 Å². The quantitative estimate of drug-likeness (QED) is 0.702. The van der Waals surface area contributed by atoms with Gasteiger partial charge in [-0.25, -0.2) is 0 Å². The van der Waals surface area contributed by atoms with Gasteiger partial charge in [-0.1, -0.05) is 43.2 Å². The number of hydrogen-bond acceptors (Lipinski definition) is 3. The molecular formula is C15H20N2O2. The molecule has 0 saturated heterocycles. The molecule has 19 heavy (non-hydrogen) atoms. The molecule has 1 rings (SSSR count). The minimum atomic E-state index is -0.737. The van der Waals surface area contributed by atoms with Crippen LogP contribution in [0.1, 0.15) is 37.2 Å². The molecule has 0 aliphatic carbocycles. The van der Waals surface area contributed by atoms with E-state index in [-0.39, 0.29) is 12.5 Å². The zero-order chi connectivity index (χ0) is 13.9. The Kier molecular flexibility index (Phi) is 7.30. The summed E-state index contributed by atoms with van der Waals surface area (Å²) < 4.78 is 0.